The zero-order chi connectivity index (χ0) is 13.5. The van der Waals surface area contributed by atoms with Crippen LogP contribution in [0.4, 0.5) is 0 Å². The molecular formula is C15H26O2. The Morgan fingerprint density at radius 2 is 1.82 bits per heavy atom. The number of hydrogen-bond acceptors (Lipinski definition) is 2. The highest BCUT2D eigenvalue weighted by atomic mass is 16.3. The van der Waals surface area contributed by atoms with Crippen molar-refractivity contribution in [3.05, 3.63) is 36.5 Å². The van der Waals surface area contributed by atoms with Crippen molar-refractivity contribution in [3.63, 3.8) is 0 Å². The smallest absolute Gasteiger partial charge is 0.0800 e. The Labute approximate surface area is 105 Å². The van der Waals surface area contributed by atoms with Crippen LogP contribution in [0.5, 0.6) is 0 Å². The molecule has 1 unspecified atom stereocenters. The molecule has 0 aromatic heterocycles. The molecule has 0 aliphatic heterocycles. The molecule has 0 spiro atoms. The van der Waals surface area contributed by atoms with Gasteiger partial charge in [0.1, 0.15) is 0 Å². The van der Waals surface area contributed by atoms with Gasteiger partial charge in [-0.25, -0.2) is 0 Å². The van der Waals surface area contributed by atoms with Crippen LogP contribution in [-0.4, -0.2) is 21.4 Å². The first-order chi connectivity index (χ1) is 7.66. The van der Waals surface area contributed by atoms with Crippen molar-refractivity contribution in [2.24, 2.45) is 0 Å². The van der Waals surface area contributed by atoms with E-state index in [1.807, 2.05) is 6.08 Å². The predicted molar refractivity (Wildman–Crippen MR) is 73.9 cm³/mol. The monoisotopic (exact) mass is 238 g/mol. The van der Waals surface area contributed by atoms with Crippen LogP contribution in [0.15, 0.2) is 36.5 Å². The molecule has 1 atom stereocenters. The third-order valence-electron chi connectivity index (χ3n) is 2.55. The Morgan fingerprint density at radius 1 is 1.24 bits per heavy atom. The number of rotatable bonds is 7. The zero-order valence-corrected chi connectivity index (χ0v) is 11.5. The molecule has 98 valence electrons. The third-order valence-corrected chi connectivity index (χ3v) is 2.55. The van der Waals surface area contributed by atoms with E-state index in [1.165, 1.54) is 5.57 Å². The van der Waals surface area contributed by atoms with Crippen molar-refractivity contribution in [1.82, 2.24) is 0 Å². The van der Waals surface area contributed by atoms with E-state index in [4.69, 9.17) is 0 Å². The molecule has 17 heavy (non-hydrogen) atoms. The highest BCUT2D eigenvalue weighted by Gasteiger charge is 2.13. The average Bonchev–Trinajstić information content (AvgIpc) is 2.15. The van der Waals surface area contributed by atoms with Gasteiger partial charge >= 0.3 is 0 Å². The Bertz CT molecular complexity index is 291. The van der Waals surface area contributed by atoms with E-state index in [-0.39, 0.29) is 0 Å². The van der Waals surface area contributed by atoms with Gasteiger partial charge < -0.3 is 10.2 Å². The molecule has 2 nitrogen and oxygen atoms in total. The van der Waals surface area contributed by atoms with Gasteiger partial charge in [0.05, 0.1) is 11.2 Å². The van der Waals surface area contributed by atoms with E-state index >= 15 is 0 Å². The van der Waals surface area contributed by atoms with E-state index in [0.29, 0.717) is 6.42 Å². The minimum Gasteiger partial charge on any atom is -0.386 e. The van der Waals surface area contributed by atoms with Crippen LogP contribution in [0.25, 0.3) is 0 Å². The molecular weight excluding hydrogens is 212 g/mol. The summed E-state index contributed by atoms with van der Waals surface area (Å²) in [5, 5.41) is 19.2. The lowest BCUT2D eigenvalue weighted by molar-refractivity contribution is 0.103. The molecule has 0 saturated carbocycles. The summed E-state index contributed by atoms with van der Waals surface area (Å²) in [5.41, 5.74) is -0.280. The van der Waals surface area contributed by atoms with Gasteiger partial charge in [-0.15, -0.1) is 6.58 Å². The molecule has 0 bridgehead atoms. The fraction of sp³-hybridized carbons (Fsp3) is 0.600. The van der Waals surface area contributed by atoms with Crippen LogP contribution in [0.1, 0.15) is 47.0 Å². The molecule has 0 aliphatic rings. The van der Waals surface area contributed by atoms with Crippen molar-refractivity contribution in [1.29, 1.82) is 0 Å². The van der Waals surface area contributed by atoms with Crippen molar-refractivity contribution in [2.45, 2.75) is 58.2 Å². The van der Waals surface area contributed by atoms with Crippen LogP contribution in [-0.2, 0) is 0 Å². The summed E-state index contributed by atoms with van der Waals surface area (Å²) in [5.74, 6) is 0. The predicted octanol–water partition coefficient (Wildman–Crippen LogP) is 3.37. The maximum atomic E-state index is 9.72. The highest BCUT2D eigenvalue weighted by Crippen LogP contribution is 2.15. The Morgan fingerprint density at radius 3 is 2.29 bits per heavy atom. The van der Waals surface area contributed by atoms with E-state index in [2.05, 4.69) is 19.6 Å². The molecule has 0 rings (SSSR count). The molecule has 0 aromatic carbocycles. The van der Waals surface area contributed by atoms with Gasteiger partial charge in [-0.05, 0) is 47.0 Å². The molecule has 0 aliphatic carbocycles. The van der Waals surface area contributed by atoms with Crippen LogP contribution >= 0.6 is 0 Å². The minimum absolute atomic E-state index is 0.684. The van der Waals surface area contributed by atoms with Gasteiger partial charge in [0.25, 0.3) is 0 Å². The first kappa shape index (κ1) is 16.1. The van der Waals surface area contributed by atoms with Gasteiger partial charge in [-0.2, -0.15) is 0 Å². The summed E-state index contributed by atoms with van der Waals surface area (Å²) in [6.07, 6.45) is 9.81. The second kappa shape index (κ2) is 6.77. The topological polar surface area (TPSA) is 40.5 Å². The largest absolute Gasteiger partial charge is 0.386 e. The third kappa shape index (κ3) is 10.0. The van der Waals surface area contributed by atoms with E-state index < -0.39 is 11.2 Å². The van der Waals surface area contributed by atoms with Gasteiger partial charge in [-0.3, -0.25) is 0 Å². The van der Waals surface area contributed by atoms with Gasteiger partial charge in [0, 0.05) is 0 Å². The first-order valence-corrected chi connectivity index (χ1v) is 6.08. The van der Waals surface area contributed by atoms with Gasteiger partial charge in [0.15, 0.2) is 0 Å². The lowest BCUT2D eigenvalue weighted by atomic mass is 9.99. The SMILES string of the molecule is C=CC(C)(O)CCC=C(C)CC=CC(C)(C)O. The van der Waals surface area contributed by atoms with E-state index in [9.17, 15) is 10.2 Å². The van der Waals surface area contributed by atoms with Gasteiger partial charge in [-0.1, -0.05) is 29.9 Å². The second-order valence-electron chi connectivity index (χ2n) is 5.41. The quantitative estimate of drug-likeness (QED) is 0.668. The van der Waals surface area contributed by atoms with E-state index in [0.717, 1.165) is 12.8 Å². The first-order valence-electron chi connectivity index (χ1n) is 6.08. The summed E-state index contributed by atoms with van der Waals surface area (Å²) < 4.78 is 0. The van der Waals surface area contributed by atoms with Crippen LogP contribution in [0.2, 0.25) is 0 Å². The molecule has 0 saturated heterocycles. The maximum Gasteiger partial charge on any atom is 0.0800 e. The zero-order valence-electron chi connectivity index (χ0n) is 11.5. The second-order valence-corrected chi connectivity index (χ2v) is 5.41. The van der Waals surface area contributed by atoms with Crippen LogP contribution in [0.3, 0.4) is 0 Å². The molecule has 0 aromatic rings. The lowest BCUT2D eigenvalue weighted by Crippen LogP contribution is -2.19. The van der Waals surface area contributed by atoms with Gasteiger partial charge in [0.2, 0.25) is 0 Å². The number of aliphatic hydroxyl groups is 2. The van der Waals surface area contributed by atoms with Crippen molar-refractivity contribution in [2.75, 3.05) is 0 Å². The average molecular weight is 238 g/mol. The molecule has 0 fully saturated rings. The Kier molecular flexibility index (Phi) is 6.43. The summed E-state index contributed by atoms with van der Waals surface area (Å²) in [7, 11) is 0. The maximum absolute atomic E-state index is 9.72. The van der Waals surface area contributed by atoms with Crippen LogP contribution in [0, 0.1) is 0 Å². The molecule has 2 heteroatoms. The standard InChI is InChI=1S/C15H26O2/c1-6-15(5,17)12-8-10-13(2)9-7-11-14(3,4)16/h6-7,10-11,16-17H,1,8-9,12H2,2-5H3. The summed E-state index contributed by atoms with van der Waals surface area (Å²) in [4.78, 5) is 0. The summed E-state index contributed by atoms with van der Waals surface area (Å²) >= 11 is 0. The molecule has 0 amide bonds. The fourth-order valence-electron chi connectivity index (χ4n) is 1.33. The number of hydrogen-bond donors (Lipinski definition) is 2. The molecule has 2 N–H and O–H groups in total. The highest BCUT2D eigenvalue weighted by molar-refractivity contribution is 5.08. The lowest BCUT2D eigenvalue weighted by Gasteiger charge is -2.16. The summed E-state index contributed by atoms with van der Waals surface area (Å²) in [6.45, 7) is 10.9. The van der Waals surface area contributed by atoms with Crippen molar-refractivity contribution >= 4 is 0 Å². The Balaban J connectivity index is 4.04. The fourth-order valence-corrected chi connectivity index (χ4v) is 1.33. The number of allylic oxidation sites excluding steroid dienone is 3. The molecule has 0 radical (unpaired) electrons. The Hall–Kier alpha value is -0.860. The summed E-state index contributed by atoms with van der Waals surface area (Å²) in [6, 6.07) is 0. The van der Waals surface area contributed by atoms with Crippen molar-refractivity contribution < 1.29 is 10.2 Å². The molecule has 0 heterocycles. The van der Waals surface area contributed by atoms with Crippen LogP contribution < -0.4 is 0 Å². The normalized spacial score (nSPS) is 17.2. The van der Waals surface area contributed by atoms with E-state index in [1.54, 1.807) is 32.9 Å². The van der Waals surface area contributed by atoms with Crippen molar-refractivity contribution in [3.8, 4) is 0 Å². The minimum atomic E-state index is -0.778.